The van der Waals surface area contributed by atoms with E-state index in [1.807, 2.05) is 11.9 Å². The van der Waals surface area contributed by atoms with E-state index in [0.29, 0.717) is 24.8 Å². The van der Waals surface area contributed by atoms with Crippen molar-refractivity contribution in [1.82, 2.24) is 4.90 Å². The average molecular weight is 470 g/mol. The zero-order valence-electron chi connectivity index (χ0n) is 22.2. The predicted octanol–water partition coefficient (Wildman–Crippen LogP) is 6.12. The number of hydrogen-bond acceptors (Lipinski definition) is 4. The van der Waals surface area contributed by atoms with Crippen molar-refractivity contribution in [3.8, 4) is 0 Å². The molecule has 2 aliphatic rings. The maximum absolute atomic E-state index is 13.1. The molecule has 2 atom stereocenters. The van der Waals surface area contributed by atoms with Gasteiger partial charge in [-0.1, -0.05) is 65.8 Å². The van der Waals surface area contributed by atoms with Gasteiger partial charge in [0, 0.05) is 12.0 Å². The summed E-state index contributed by atoms with van der Waals surface area (Å²) in [5, 5.41) is 0.104. The van der Waals surface area contributed by atoms with Gasteiger partial charge in [-0.25, -0.2) is 0 Å². The van der Waals surface area contributed by atoms with Crippen molar-refractivity contribution in [2.75, 3.05) is 20.2 Å². The third-order valence-electron chi connectivity index (χ3n) is 8.97. The lowest BCUT2D eigenvalue weighted by molar-refractivity contribution is -0.125. The minimum absolute atomic E-state index is 0.0411. The highest BCUT2D eigenvalue weighted by Gasteiger charge is 2.63. The largest absolute Gasteiger partial charge is 0.409 e. The number of fused-ring (bicyclic) bond motifs is 2. The number of hydrogen-bond donors (Lipinski definition) is 0. The van der Waals surface area contributed by atoms with Crippen LogP contribution >= 0.6 is 0 Å². The summed E-state index contributed by atoms with van der Waals surface area (Å²) < 4.78 is 6.07. The van der Waals surface area contributed by atoms with E-state index in [9.17, 15) is 9.59 Å². The van der Waals surface area contributed by atoms with Crippen molar-refractivity contribution in [1.29, 1.82) is 0 Å². The molecule has 0 heterocycles. The van der Waals surface area contributed by atoms with Gasteiger partial charge in [-0.2, -0.15) is 0 Å². The lowest BCUT2D eigenvalue weighted by atomic mass is 9.70. The standard InChI is InChI=1S/C28H43NO3Si/c1-26(2,3)33(8,9)32-19-22(30)18-29(7)17-21-12-10-20(11-13-21)16-23-24-14-15-28(6,25(23)31)27(24,4)5/h10-13,16,24H,14-15,17-19H2,1-9H3/b23-16-. The number of Topliss-reactive ketones (excluding diaryl/α,β-unsaturated/α-hetero) is 2. The van der Waals surface area contributed by atoms with Crippen LogP contribution in [0.2, 0.25) is 18.1 Å². The zero-order chi connectivity index (χ0) is 24.8. The summed E-state index contributed by atoms with van der Waals surface area (Å²) in [7, 11) is 0.0616. The van der Waals surface area contributed by atoms with Gasteiger partial charge in [-0.3, -0.25) is 14.5 Å². The third-order valence-corrected chi connectivity index (χ3v) is 13.4. The Morgan fingerprint density at radius 2 is 1.79 bits per heavy atom. The molecular formula is C28H43NO3Si. The van der Waals surface area contributed by atoms with E-state index < -0.39 is 8.32 Å². The third kappa shape index (κ3) is 4.96. The summed E-state index contributed by atoms with van der Waals surface area (Å²) in [5.74, 6) is 0.820. The Morgan fingerprint density at radius 1 is 1.18 bits per heavy atom. The molecule has 0 aromatic heterocycles. The van der Waals surface area contributed by atoms with Crippen molar-refractivity contribution < 1.29 is 14.0 Å². The van der Waals surface area contributed by atoms with Crippen LogP contribution in [0.4, 0.5) is 0 Å². The summed E-state index contributed by atoms with van der Waals surface area (Å²) >= 11 is 0. The first-order valence-corrected chi connectivity index (χ1v) is 15.2. The van der Waals surface area contributed by atoms with Crippen LogP contribution in [0.1, 0.15) is 65.5 Å². The van der Waals surface area contributed by atoms with Crippen LogP contribution in [0.15, 0.2) is 29.8 Å². The van der Waals surface area contributed by atoms with Crippen LogP contribution in [0, 0.1) is 16.7 Å². The fraction of sp³-hybridized carbons (Fsp3) is 0.643. The fourth-order valence-electron chi connectivity index (χ4n) is 5.18. The average Bonchev–Trinajstić information content (AvgIpc) is 3.00. The molecule has 0 saturated heterocycles. The smallest absolute Gasteiger partial charge is 0.192 e. The Bertz CT molecular complexity index is 939. The molecule has 3 rings (SSSR count). The molecule has 2 unspecified atom stereocenters. The Hall–Kier alpha value is -1.56. The zero-order valence-corrected chi connectivity index (χ0v) is 23.2. The second-order valence-corrected chi connectivity index (χ2v) is 17.4. The monoisotopic (exact) mass is 469 g/mol. The van der Waals surface area contributed by atoms with Crippen molar-refractivity contribution in [3.05, 3.63) is 41.0 Å². The van der Waals surface area contributed by atoms with Crippen LogP contribution in [0.5, 0.6) is 0 Å². The number of allylic oxidation sites excluding steroid dienone is 1. The molecule has 5 heteroatoms. The highest BCUT2D eigenvalue weighted by atomic mass is 28.4. The van der Waals surface area contributed by atoms with E-state index in [4.69, 9.17) is 4.43 Å². The predicted molar refractivity (Wildman–Crippen MR) is 139 cm³/mol. The first-order valence-electron chi connectivity index (χ1n) is 12.3. The van der Waals surface area contributed by atoms with Gasteiger partial charge < -0.3 is 4.43 Å². The maximum atomic E-state index is 13.1. The number of benzene rings is 1. The first-order chi connectivity index (χ1) is 15.1. The topological polar surface area (TPSA) is 46.6 Å². The minimum Gasteiger partial charge on any atom is -0.409 e. The van der Waals surface area contributed by atoms with Crippen LogP contribution in [0.25, 0.3) is 6.08 Å². The summed E-state index contributed by atoms with van der Waals surface area (Å²) in [6.45, 7) is 18.8. The highest BCUT2D eigenvalue weighted by molar-refractivity contribution is 6.74. The molecule has 1 aromatic rings. The molecule has 0 N–H and O–H groups in total. The molecular weight excluding hydrogens is 426 g/mol. The molecule has 0 aliphatic heterocycles. The molecule has 0 radical (unpaired) electrons. The lowest BCUT2D eigenvalue weighted by Gasteiger charge is -2.36. The van der Waals surface area contributed by atoms with Crippen LogP contribution in [0.3, 0.4) is 0 Å². The van der Waals surface area contributed by atoms with Crippen LogP contribution in [-0.4, -0.2) is 45.0 Å². The summed E-state index contributed by atoms with van der Waals surface area (Å²) in [4.78, 5) is 27.6. The molecule has 182 valence electrons. The molecule has 0 amide bonds. The lowest BCUT2D eigenvalue weighted by Crippen LogP contribution is -2.43. The molecule has 0 spiro atoms. The minimum atomic E-state index is -1.91. The number of nitrogens with zero attached hydrogens (tertiary/aromatic N) is 1. The van der Waals surface area contributed by atoms with Crippen LogP contribution < -0.4 is 0 Å². The second-order valence-electron chi connectivity index (χ2n) is 12.6. The van der Waals surface area contributed by atoms with E-state index in [-0.39, 0.29) is 28.3 Å². The second kappa shape index (κ2) is 8.90. The van der Waals surface area contributed by atoms with Crippen LogP contribution in [-0.2, 0) is 20.6 Å². The van der Waals surface area contributed by atoms with Gasteiger partial charge in [0.2, 0.25) is 0 Å². The summed E-state index contributed by atoms with van der Waals surface area (Å²) in [6, 6.07) is 8.38. The normalized spacial score (nSPS) is 25.9. The van der Waals surface area contributed by atoms with E-state index in [1.54, 1.807) is 0 Å². The summed E-state index contributed by atoms with van der Waals surface area (Å²) in [6.07, 6.45) is 4.22. The van der Waals surface area contributed by atoms with Gasteiger partial charge in [0.1, 0.15) is 0 Å². The molecule has 2 bridgehead atoms. The maximum Gasteiger partial charge on any atom is 0.192 e. The fourth-order valence-corrected chi connectivity index (χ4v) is 6.14. The van der Waals surface area contributed by atoms with E-state index in [0.717, 1.165) is 29.5 Å². The van der Waals surface area contributed by atoms with E-state index >= 15 is 0 Å². The van der Waals surface area contributed by atoms with Crippen molar-refractivity contribution in [3.63, 3.8) is 0 Å². The summed E-state index contributed by atoms with van der Waals surface area (Å²) in [5.41, 5.74) is 3.07. The van der Waals surface area contributed by atoms with Gasteiger partial charge in [-0.05, 0) is 72.1 Å². The molecule has 2 aliphatic carbocycles. The Morgan fingerprint density at radius 3 is 2.30 bits per heavy atom. The van der Waals surface area contributed by atoms with Crippen molar-refractivity contribution in [2.45, 2.75) is 79.1 Å². The Kier molecular flexibility index (Phi) is 7.03. The SMILES string of the molecule is CN(CC(=O)CO[Si](C)(C)C(C)(C)C)Cc1ccc(/C=C2\C(=O)C3(C)CCC2C3(C)C)cc1. The van der Waals surface area contributed by atoms with E-state index in [2.05, 4.69) is 85.0 Å². The van der Waals surface area contributed by atoms with Gasteiger partial charge >= 0.3 is 0 Å². The Balaban J connectivity index is 1.57. The van der Waals surface area contributed by atoms with Crippen molar-refractivity contribution >= 4 is 26.0 Å². The Labute approximate surface area is 201 Å². The highest BCUT2D eigenvalue weighted by Crippen LogP contribution is 2.65. The molecule has 33 heavy (non-hydrogen) atoms. The molecule has 1 aromatic carbocycles. The van der Waals surface area contributed by atoms with Crippen molar-refractivity contribution in [2.24, 2.45) is 16.7 Å². The van der Waals surface area contributed by atoms with Gasteiger partial charge in [0.25, 0.3) is 0 Å². The quantitative estimate of drug-likeness (QED) is 0.340. The van der Waals surface area contributed by atoms with Gasteiger partial charge in [0.15, 0.2) is 19.9 Å². The number of carbonyl (C=O) groups is 2. The van der Waals surface area contributed by atoms with Gasteiger partial charge in [-0.15, -0.1) is 0 Å². The first kappa shape index (κ1) is 26.0. The number of likely N-dealkylation sites (N-methyl/N-ethyl adjacent to an activating group) is 1. The molecule has 2 fully saturated rings. The number of ketones is 2. The number of carbonyl (C=O) groups excluding carboxylic acids is 2. The molecule has 4 nitrogen and oxygen atoms in total. The van der Waals surface area contributed by atoms with Gasteiger partial charge in [0.05, 0.1) is 13.2 Å². The molecule has 2 saturated carbocycles. The number of rotatable bonds is 8. The van der Waals surface area contributed by atoms with E-state index in [1.165, 1.54) is 0 Å².